The molecule has 0 saturated carbocycles. The Kier molecular flexibility index (Phi) is 7.87. The van der Waals surface area contributed by atoms with E-state index in [-0.39, 0.29) is 44.3 Å². The van der Waals surface area contributed by atoms with Crippen molar-refractivity contribution in [3.05, 3.63) is 85.8 Å². The molecular formula is C26H22Cl2F3N3O4. The fraction of sp³-hybridized carbons (Fsp3) is 0.269. The van der Waals surface area contributed by atoms with Gasteiger partial charge in [0.25, 0.3) is 5.56 Å². The number of pyridine rings is 1. The fourth-order valence-electron chi connectivity index (χ4n) is 4.35. The third-order valence-corrected chi connectivity index (χ3v) is 7.09. The van der Waals surface area contributed by atoms with Crippen molar-refractivity contribution in [2.45, 2.75) is 44.7 Å². The highest BCUT2D eigenvalue weighted by Gasteiger charge is 2.42. The van der Waals surface area contributed by atoms with Crippen LogP contribution in [0, 0.1) is 0 Å². The maximum absolute atomic E-state index is 13.7. The van der Waals surface area contributed by atoms with Crippen LogP contribution in [0.15, 0.2) is 53.5 Å². The summed E-state index contributed by atoms with van der Waals surface area (Å²) in [6.45, 7) is 1.21. The van der Waals surface area contributed by atoms with E-state index in [4.69, 9.17) is 33.7 Å². The van der Waals surface area contributed by atoms with Gasteiger partial charge in [0.1, 0.15) is 6.04 Å². The van der Waals surface area contributed by atoms with Crippen LogP contribution in [0.4, 0.5) is 18.9 Å². The van der Waals surface area contributed by atoms with E-state index in [0.717, 1.165) is 4.57 Å². The number of rotatable bonds is 5. The van der Waals surface area contributed by atoms with Gasteiger partial charge in [0.2, 0.25) is 11.8 Å². The van der Waals surface area contributed by atoms with Crippen molar-refractivity contribution in [2.75, 3.05) is 5.32 Å². The van der Waals surface area contributed by atoms with Gasteiger partial charge in [0.05, 0.1) is 16.7 Å². The van der Waals surface area contributed by atoms with E-state index in [0.29, 0.717) is 5.69 Å². The van der Waals surface area contributed by atoms with E-state index in [1.54, 1.807) is 6.92 Å². The van der Waals surface area contributed by atoms with Crippen LogP contribution in [0.2, 0.25) is 10.0 Å². The molecule has 7 nitrogen and oxygen atoms in total. The second-order valence-corrected chi connectivity index (χ2v) is 9.54. The molecule has 1 aliphatic rings. The third-order valence-electron chi connectivity index (χ3n) is 6.29. The molecule has 2 heterocycles. The number of nitrogens with two attached hydrogens (primary N) is 1. The lowest BCUT2D eigenvalue weighted by Crippen LogP contribution is -2.36. The van der Waals surface area contributed by atoms with Gasteiger partial charge in [-0.05, 0) is 47.9 Å². The summed E-state index contributed by atoms with van der Waals surface area (Å²) in [6.07, 6.45) is -5.75. The van der Waals surface area contributed by atoms with Gasteiger partial charge in [-0.1, -0.05) is 36.2 Å². The second kappa shape index (κ2) is 10.8. The van der Waals surface area contributed by atoms with Crippen LogP contribution >= 0.6 is 23.2 Å². The molecule has 0 radical (unpaired) electrons. The Morgan fingerprint density at radius 1 is 1.16 bits per heavy atom. The first kappa shape index (κ1) is 27.7. The van der Waals surface area contributed by atoms with Crippen LogP contribution in [0.5, 0.6) is 0 Å². The number of hydrogen-bond donors (Lipinski definition) is 2. The Bertz CT molecular complexity index is 1460. The Balaban J connectivity index is 1.76. The van der Waals surface area contributed by atoms with Crippen LogP contribution in [0.25, 0.3) is 11.1 Å². The van der Waals surface area contributed by atoms with E-state index < -0.39 is 48.7 Å². The predicted molar refractivity (Wildman–Crippen MR) is 137 cm³/mol. The zero-order valence-corrected chi connectivity index (χ0v) is 21.5. The van der Waals surface area contributed by atoms with Gasteiger partial charge >= 0.3 is 6.18 Å². The molecule has 0 spiro atoms. The first-order chi connectivity index (χ1) is 17.9. The lowest BCUT2D eigenvalue weighted by Gasteiger charge is -2.28. The smallest absolute Gasteiger partial charge is 0.366 e. The first-order valence-corrected chi connectivity index (χ1v) is 12.3. The van der Waals surface area contributed by atoms with Crippen LogP contribution in [-0.2, 0) is 22.6 Å². The van der Waals surface area contributed by atoms with Crippen molar-refractivity contribution in [2.24, 2.45) is 5.73 Å². The maximum atomic E-state index is 13.7. The molecule has 200 valence electrons. The molecule has 38 heavy (non-hydrogen) atoms. The molecule has 0 saturated heterocycles. The highest BCUT2D eigenvalue weighted by atomic mass is 35.5. The molecule has 3 N–H and O–H groups in total. The van der Waals surface area contributed by atoms with Gasteiger partial charge in [-0.15, -0.1) is 0 Å². The molecule has 0 aliphatic carbocycles. The Morgan fingerprint density at radius 3 is 2.45 bits per heavy atom. The first-order valence-electron chi connectivity index (χ1n) is 11.5. The normalized spacial score (nSPS) is 16.0. The summed E-state index contributed by atoms with van der Waals surface area (Å²) in [5, 5.41) is 2.82. The molecule has 2 atom stereocenters. The average Bonchev–Trinajstić information content (AvgIpc) is 2.84. The van der Waals surface area contributed by atoms with Crippen LogP contribution in [-0.4, -0.2) is 28.7 Å². The molecule has 2 aromatic carbocycles. The van der Waals surface area contributed by atoms with E-state index >= 15 is 0 Å². The Morgan fingerprint density at radius 2 is 1.84 bits per heavy atom. The minimum absolute atomic E-state index is 0.0228. The number of ether oxygens (including phenoxy) is 1. The quantitative estimate of drug-likeness (QED) is 0.424. The van der Waals surface area contributed by atoms with Crippen LogP contribution in [0.3, 0.4) is 0 Å². The van der Waals surface area contributed by atoms with Crippen molar-refractivity contribution in [3.63, 3.8) is 0 Å². The average molecular weight is 568 g/mol. The van der Waals surface area contributed by atoms with Gasteiger partial charge in [-0.2, -0.15) is 13.2 Å². The van der Waals surface area contributed by atoms with E-state index in [1.165, 1.54) is 48.7 Å². The molecule has 3 aromatic rings. The molecular weight excluding hydrogens is 546 g/mol. The number of fused-ring (bicyclic) bond motifs is 3. The van der Waals surface area contributed by atoms with Gasteiger partial charge in [-0.3, -0.25) is 14.4 Å². The molecule has 1 aliphatic heterocycles. The standard InChI is InChI=1S/C26H22Cl2F3N3O4/c1-2-19(25(37)33-16-6-3-13(4-7-16)24(32)36)34-11-15-12-38-20(26(29,30)31)9-14-5-8-18(27)23(28)22(14)17(15)10-21(34)35/h3-8,10-11,19-20H,2,9,12H2,1H3,(H2,32,36)(H,33,37)/t19-,20-/m0/s1. The number of carbonyl (C=O) groups is 2. The van der Waals surface area contributed by atoms with Gasteiger partial charge in [0.15, 0.2) is 6.10 Å². The maximum Gasteiger partial charge on any atom is 0.414 e. The predicted octanol–water partition coefficient (Wildman–Crippen LogP) is 5.51. The Hall–Kier alpha value is -3.34. The van der Waals surface area contributed by atoms with Crippen molar-refractivity contribution in [1.29, 1.82) is 0 Å². The lowest BCUT2D eigenvalue weighted by molar-refractivity contribution is -0.223. The SMILES string of the molecule is CC[C@@H](C(=O)Nc1ccc(C(N)=O)cc1)n1cc2c(cc1=O)-c1c(ccc(Cl)c1Cl)C[C@@H](C(F)(F)F)OC2. The molecule has 12 heteroatoms. The minimum Gasteiger partial charge on any atom is -0.366 e. The van der Waals surface area contributed by atoms with Crippen molar-refractivity contribution >= 4 is 40.7 Å². The van der Waals surface area contributed by atoms with E-state index in [2.05, 4.69) is 5.32 Å². The summed E-state index contributed by atoms with van der Waals surface area (Å²) in [5.41, 5.74) is 6.26. The van der Waals surface area contributed by atoms with E-state index in [9.17, 15) is 27.6 Å². The minimum atomic E-state index is -4.65. The fourth-order valence-corrected chi connectivity index (χ4v) is 4.79. The topological polar surface area (TPSA) is 103 Å². The number of nitrogens with one attached hydrogen (secondary N) is 1. The van der Waals surface area contributed by atoms with Gasteiger partial charge in [-0.25, -0.2) is 0 Å². The Labute approximate surface area is 225 Å². The highest BCUT2D eigenvalue weighted by molar-refractivity contribution is 6.43. The summed E-state index contributed by atoms with van der Waals surface area (Å²) in [6, 6.07) is 8.91. The summed E-state index contributed by atoms with van der Waals surface area (Å²) in [5.74, 6) is -1.16. The number of primary amides is 1. The zero-order valence-electron chi connectivity index (χ0n) is 19.9. The van der Waals surface area contributed by atoms with Crippen LogP contribution in [0.1, 0.15) is 40.9 Å². The number of amides is 2. The zero-order chi connectivity index (χ0) is 27.8. The number of anilines is 1. The number of nitrogens with zero attached hydrogens (tertiary/aromatic N) is 1. The monoisotopic (exact) mass is 567 g/mol. The summed E-state index contributed by atoms with van der Waals surface area (Å²) >= 11 is 12.6. The number of aromatic nitrogens is 1. The highest BCUT2D eigenvalue weighted by Crippen LogP contribution is 2.41. The number of carbonyl (C=O) groups excluding carboxylic acids is 2. The number of alkyl halides is 3. The van der Waals surface area contributed by atoms with Crippen molar-refractivity contribution in [3.8, 4) is 11.1 Å². The molecule has 0 unspecified atom stereocenters. The lowest BCUT2D eigenvalue weighted by atomic mass is 9.92. The summed E-state index contributed by atoms with van der Waals surface area (Å²) in [7, 11) is 0. The molecule has 0 fully saturated rings. The number of hydrogen-bond acceptors (Lipinski definition) is 4. The summed E-state index contributed by atoms with van der Waals surface area (Å²) < 4.78 is 47.5. The van der Waals surface area contributed by atoms with Crippen molar-refractivity contribution < 1.29 is 27.5 Å². The molecule has 2 amide bonds. The number of halogens is 5. The van der Waals surface area contributed by atoms with Crippen molar-refractivity contribution in [1.82, 2.24) is 4.57 Å². The molecule has 4 rings (SSSR count). The number of benzene rings is 2. The third kappa shape index (κ3) is 5.57. The molecule has 0 bridgehead atoms. The van der Waals surface area contributed by atoms with Gasteiger partial charge in [0, 0.05) is 41.1 Å². The summed E-state index contributed by atoms with van der Waals surface area (Å²) in [4.78, 5) is 37.6. The largest absolute Gasteiger partial charge is 0.414 e. The second-order valence-electron chi connectivity index (χ2n) is 8.75. The molecule has 1 aromatic heterocycles. The van der Waals surface area contributed by atoms with Crippen LogP contribution < -0.4 is 16.6 Å². The van der Waals surface area contributed by atoms with Gasteiger partial charge < -0.3 is 20.4 Å². The van der Waals surface area contributed by atoms with E-state index in [1.807, 2.05) is 0 Å².